The monoisotopic (exact) mass is 456 g/mol. The fourth-order valence-corrected chi connectivity index (χ4v) is 3.26. The van der Waals surface area contributed by atoms with Crippen molar-refractivity contribution < 1.29 is 19.0 Å². The minimum atomic E-state index is -0.418. The number of aromatic amines is 1. The van der Waals surface area contributed by atoms with E-state index in [1.807, 2.05) is 60.7 Å². The Balaban J connectivity index is 1.40. The van der Waals surface area contributed by atoms with Crippen molar-refractivity contribution in [1.29, 1.82) is 0 Å². The molecule has 8 nitrogen and oxygen atoms in total. The molecule has 1 amide bonds. The first kappa shape index (κ1) is 22.6. The van der Waals surface area contributed by atoms with Crippen molar-refractivity contribution in [3.8, 4) is 28.5 Å². The molecule has 0 atom stereocenters. The van der Waals surface area contributed by atoms with Crippen LogP contribution in [0.15, 0.2) is 84.0 Å². The number of rotatable bonds is 9. The summed E-state index contributed by atoms with van der Waals surface area (Å²) < 4.78 is 16.5. The number of benzene rings is 3. The second kappa shape index (κ2) is 10.8. The second-order valence-electron chi connectivity index (χ2n) is 7.25. The van der Waals surface area contributed by atoms with Crippen molar-refractivity contribution >= 4 is 12.1 Å². The van der Waals surface area contributed by atoms with Gasteiger partial charge in [0, 0.05) is 11.1 Å². The Morgan fingerprint density at radius 3 is 2.50 bits per heavy atom. The van der Waals surface area contributed by atoms with Gasteiger partial charge < -0.3 is 14.2 Å². The number of carbonyl (C=O) groups excluding carboxylic acids is 1. The van der Waals surface area contributed by atoms with Gasteiger partial charge in [0.15, 0.2) is 11.5 Å². The first-order chi connectivity index (χ1) is 16.7. The summed E-state index contributed by atoms with van der Waals surface area (Å²) in [5, 5.41) is 11.0. The molecule has 0 spiro atoms. The van der Waals surface area contributed by atoms with Gasteiger partial charge in [-0.3, -0.25) is 9.89 Å². The molecule has 172 valence electrons. The highest BCUT2D eigenvalue weighted by Crippen LogP contribution is 2.31. The molecule has 3 aromatic carbocycles. The lowest BCUT2D eigenvalue weighted by Crippen LogP contribution is -2.18. The van der Waals surface area contributed by atoms with Crippen molar-refractivity contribution in [3.05, 3.63) is 95.7 Å². The number of para-hydroxylation sites is 1. The van der Waals surface area contributed by atoms with Crippen molar-refractivity contribution in [2.24, 2.45) is 5.10 Å². The molecule has 0 aliphatic carbocycles. The Morgan fingerprint density at radius 1 is 0.941 bits per heavy atom. The molecule has 0 fully saturated rings. The van der Waals surface area contributed by atoms with Gasteiger partial charge in [0.1, 0.15) is 18.1 Å². The number of nitrogens with zero attached hydrogens (tertiary/aromatic N) is 2. The van der Waals surface area contributed by atoms with Crippen molar-refractivity contribution in [3.63, 3.8) is 0 Å². The normalized spacial score (nSPS) is 10.8. The molecule has 4 rings (SSSR count). The minimum absolute atomic E-state index is 0.274. The summed E-state index contributed by atoms with van der Waals surface area (Å²) in [6.45, 7) is 0.436. The number of hydrazone groups is 1. The molecule has 0 radical (unpaired) electrons. The lowest BCUT2D eigenvalue weighted by Gasteiger charge is -2.08. The number of amides is 1. The molecule has 8 heteroatoms. The van der Waals surface area contributed by atoms with Gasteiger partial charge in [-0.2, -0.15) is 10.2 Å². The summed E-state index contributed by atoms with van der Waals surface area (Å²) in [6, 6.07) is 24.4. The quantitative estimate of drug-likeness (QED) is 0.287. The van der Waals surface area contributed by atoms with E-state index in [2.05, 4.69) is 20.7 Å². The Morgan fingerprint density at radius 2 is 1.71 bits per heavy atom. The van der Waals surface area contributed by atoms with Gasteiger partial charge in [0.25, 0.3) is 5.91 Å². The van der Waals surface area contributed by atoms with Gasteiger partial charge in [0.05, 0.1) is 26.1 Å². The van der Waals surface area contributed by atoms with E-state index in [4.69, 9.17) is 14.2 Å². The number of ether oxygens (including phenoxy) is 3. The Kier molecular flexibility index (Phi) is 7.19. The lowest BCUT2D eigenvalue weighted by atomic mass is 10.1. The first-order valence-electron chi connectivity index (χ1n) is 10.5. The number of nitrogens with one attached hydrogen (secondary N) is 2. The molecule has 2 N–H and O–H groups in total. The number of H-pyrrole nitrogens is 1. The molecule has 1 heterocycles. The highest BCUT2D eigenvalue weighted by atomic mass is 16.5. The average molecular weight is 457 g/mol. The van der Waals surface area contributed by atoms with Crippen molar-refractivity contribution in [2.45, 2.75) is 6.61 Å². The van der Waals surface area contributed by atoms with Gasteiger partial charge in [-0.25, -0.2) is 5.43 Å². The summed E-state index contributed by atoms with van der Waals surface area (Å²) in [7, 11) is 3.14. The molecule has 0 aliphatic rings. The van der Waals surface area contributed by atoms with Crippen LogP contribution in [-0.2, 0) is 6.61 Å². The number of hydrogen-bond acceptors (Lipinski definition) is 6. The first-order valence-corrected chi connectivity index (χ1v) is 10.5. The van der Waals surface area contributed by atoms with Crippen LogP contribution in [0.25, 0.3) is 11.3 Å². The molecule has 34 heavy (non-hydrogen) atoms. The fourth-order valence-electron chi connectivity index (χ4n) is 3.26. The average Bonchev–Trinajstić information content (AvgIpc) is 3.39. The maximum Gasteiger partial charge on any atom is 0.289 e. The van der Waals surface area contributed by atoms with Crippen LogP contribution >= 0.6 is 0 Å². The second-order valence-corrected chi connectivity index (χ2v) is 7.25. The van der Waals surface area contributed by atoms with Crippen molar-refractivity contribution in [1.82, 2.24) is 15.6 Å². The molecule has 0 aliphatic heterocycles. The zero-order valence-corrected chi connectivity index (χ0v) is 18.8. The van der Waals surface area contributed by atoms with E-state index in [0.717, 1.165) is 16.7 Å². The van der Waals surface area contributed by atoms with E-state index in [1.165, 1.54) is 0 Å². The highest BCUT2D eigenvalue weighted by molar-refractivity contribution is 5.94. The SMILES string of the molecule is COc1ccc(-c2cc(C(=O)NN=Cc3ccccc3OCc3ccccc3)[nH]n2)cc1OC. The lowest BCUT2D eigenvalue weighted by molar-refractivity contribution is 0.0950. The zero-order chi connectivity index (χ0) is 23.8. The topological polar surface area (TPSA) is 97.8 Å². The van der Waals surface area contributed by atoms with Crippen LogP contribution in [0.4, 0.5) is 0 Å². The van der Waals surface area contributed by atoms with Crippen LogP contribution in [0.1, 0.15) is 21.6 Å². The zero-order valence-electron chi connectivity index (χ0n) is 18.8. The largest absolute Gasteiger partial charge is 0.493 e. The third-order valence-corrected chi connectivity index (χ3v) is 5.03. The number of aromatic nitrogens is 2. The summed E-state index contributed by atoms with van der Waals surface area (Å²) in [5.74, 6) is 1.44. The third-order valence-electron chi connectivity index (χ3n) is 5.03. The van der Waals surface area contributed by atoms with Crippen LogP contribution in [0.5, 0.6) is 17.2 Å². The summed E-state index contributed by atoms with van der Waals surface area (Å²) >= 11 is 0. The molecule has 4 aromatic rings. The van der Waals surface area contributed by atoms with Crippen LogP contribution in [0.2, 0.25) is 0 Å². The van der Waals surface area contributed by atoms with Crippen LogP contribution < -0.4 is 19.6 Å². The molecular formula is C26H24N4O4. The van der Waals surface area contributed by atoms with Crippen LogP contribution in [-0.4, -0.2) is 36.5 Å². The van der Waals surface area contributed by atoms with Crippen LogP contribution in [0.3, 0.4) is 0 Å². The van der Waals surface area contributed by atoms with Crippen LogP contribution in [0, 0.1) is 0 Å². The number of methoxy groups -OCH3 is 2. The summed E-state index contributed by atoms with van der Waals surface area (Å²) in [4.78, 5) is 12.5. The van der Waals surface area contributed by atoms with Gasteiger partial charge >= 0.3 is 0 Å². The van der Waals surface area contributed by atoms with Gasteiger partial charge in [-0.1, -0.05) is 42.5 Å². The van der Waals surface area contributed by atoms with E-state index in [1.54, 1.807) is 38.6 Å². The van der Waals surface area contributed by atoms with Gasteiger partial charge in [-0.05, 0) is 42.0 Å². The van der Waals surface area contributed by atoms with E-state index in [9.17, 15) is 4.79 Å². The Labute approximate surface area is 197 Å². The van der Waals surface area contributed by atoms with E-state index in [0.29, 0.717) is 29.5 Å². The molecule has 0 bridgehead atoms. The standard InChI is InChI=1S/C26H24N4O4/c1-32-24-13-12-19(14-25(24)33-2)21-15-22(29-28-21)26(31)30-27-16-20-10-6-7-11-23(20)34-17-18-8-4-3-5-9-18/h3-16H,17H2,1-2H3,(H,28,29)(H,30,31). The predicted molar refractivity (Wildman–Crippen MR) is 129 cm³/mol. The third kappa shape index (κ3) is 5.42. The molecule has 1 aromatic heterocycles. The van der Waals surface area contributed by atoms with E-state index >= 15 is 0 Å². The molecule has 0 saturated heterocycles. The van der Waals surface area contributed by atoms with E-state index in [-0.39, 0.29) is 5.69 Å². The van der Waals surface area contributed by atoms with E-state index < -0.39 is 5.91 Å². The predicted octanol–water partition coefficient (Wildman–Crippen LogP) is 4.44. The number of hydrogen-bond donors (Lipinski definition) is 2. The molecule has 0 saturated carbocycles. The maximum absolute atomic E-state index is 12.5. The smallest absolute Gasteiger partial charge is 0.289 e. The Bertz CT molecular complexity index is 1280. The van der Waals surface area contributed by atoms with Gasteiger partial charge in [0.2, 0.25) is 0 Å². The fraction of sp³-hybridized carbons (Fsp3) is 0.115. The molecule has 0 unspecified atom stereocenters. The summed E-state index contributed by atoms with van der Waals surface area (Å²) in [6.07, 6.45) is 1.55. The molecular weight excluding hydrogens is 432 g/mol. The minimum Gasteiger partial charge on any atom is -0.493 e. The van der Waals surface area contributed by atoms with Crippen molar-refractivity contribution in [2.75, 3.05) is 14.2 Å². The maximum atomic E-state index is 12.5. The highest BCUT2D eigenvalue weighted by Gasteiger charge is 2.13. The van der Waals surface area contributed by atoms with Gasteiger partial charge in [-0.15, -0.1) is 0 Å². The Hall–Kier alpha value is -4.59. The number of carbonyl (C=O) groups is 1. The summed E-state index contributed by atoms with van der Waals surface area (Å²) in [5.41, 5.74) is 5.96.